The maximum Gasteiger partial charge on any atom is 0.251 e. The van der Waals surface area contributed by atoms with Crippen LogP contribution in [0.3, 0.4) is 0 Å². The lowest BCUT2D eigenvalue weighted by Crippen LogP contribution is -2.38. The minimum Gasteiger partial charge on any atom is -0.343 e. The summed E-state index contributed by atoms with van der Waals surface area (Å²) in [6, 6.07) is 1.18. The normalized spacial score (nSPS) is 14.4. The number of hydrogen-bond donors (Lipinski definition) is 1. The Labute approximate surface area is 113 Å². The third-order valence-electron chi connectivity index (χ3n) is 3.10. The van der Waals surface area contributed by atoms with Crippen LogP contribution in [0.1, 0.15) is 23.2 Å². The molecule has 1 heterocycles. The molecule has 2 rings (SSSR count). The van der Waals surface area contributed by atoms with Crippen molar-refractivity contribution in [3.05, 3.63) is 35.1 Å². The second-order valence-corrected chi connectivity index (χ2v) is 4.52. The molecule has 1 aliphatic rings. The van der Waals surface area contributed by atoms with Crippen molar-refractivity contribution in [2.45, 2.75) is 12.8 Å². The van der Waals surface area contributed by atoms with Crippen LogP contribution in [0.2, 0.25) is 0 Å². The summed E-state index contributed by atoms with van der Waals surface area (Å²) in [6.07, 6.45) is 1.85. The predicted molar refractivity (Wildman–Crippen MR) is 64.5 cm³/mol. The van der Waals surface area contributed by atoms with E-state index >= 15 is 0 Å². The second-order valence-electron chi connectivity index (χ2n) is 4.52. The van der Waals surface area contributed by atoms with Crippen LogP contribution < -0.4 is 5.32 Å². The van der Waals surface area contributed by atoms with Gasteiger partial charge in [-0.1, -0.05) is 0 Å². The number of carbonyl (C=O) groups excluding carboxylic acids is 2. The SMILES string of the molecule is O=C(NCC(=O)N1CCCC1)c1cc(F)c(F)c(F)c1. The molecule has 1 N–H and O–H groups in total. The van der Waals surface area contributed by atoms with E-state index in [0.717, 1.165) is 12.8 Å². The van der Waals surface area contributed by atoms with Crippen molar-refractivity contribution < 1.29 is 22.8 Å². The Morgan fingerprint density at radius 2 is 1.65 bits per heavy atom. The molecule has 1 aromatic rings. The fourth-order valence-electron chi connectivity index (χ4n) is 2.02. The number of rotatable bonds is 3. The topological polar surface area (TPSA) is 49.4 Å². The largest absolute Gasteiger partial charge is 0.343 e. The third-order valence-corrected chi connectivity index (χ3v) is 3.10. The first kappa shape index (κ1) is 14.4. The number of likely N-dealkylation sites (tertiary alicyclic amines) is 1. The van der Waals surface area contributed by atoms with E-state index in [4.69, 9.17) is 0 Å². The lowest BCUT2D eigenvalue weighted by molar-refractivity contribution is -0.129. The van der Waals surface area contributed by atoms with Gasteiger partial charge in [0.05, 0.1) is 6.54 Å². The Morgan fingerprint density at radius 1 is 1.10 bits per heavy atom. The molecule has 0 saturated carbocycles. The first-order valence-corrected chi connectivity index (χ1v) is 6.19. The van der Waals surface area contributed by atoms with Crippen LogP contribution >= 0.6 is 0 Å². The molecule has 0 bridgehead atoms. The average Bonchev–Trinajstić information content (AvgIpc) is 2.95. The maximum atomic E-state index is 13.0. The van der Waals surface area contributed by atoms with Gasteiger partial charge in [0.25, 0.3) is 5.91 Å². The molecule has 0 atom stereocenters. The van der Waals surface area contributed by atoms with Crippen molar-refractivity contribution in [3.8, 4) is 0 Å². The zero-order valence-corrected chi connectivity index (χ0v) is 10.6. The van der Waals surface area contributed by atoms with Gasteiger partial charge in [0.2, 0.25) is 5.91 Å². The van der Waals surface area contributed by atoms with E-state index in [1.54, 1.807) is 4.90 Å². The van der Waals surface area contributed by atoms with E-state index in [1.807, 2.05) is 0 Å². The molecule has 7 heteroatoms. The van der Waals surface area contributed by atoms with Crippen LogP contribution in [0.15, 0.2) is 12.1 Å². The molecular formula is C13H13F3N2O2. The highest BCUT2D eigenvalue weighted by molar-refractivity contribution is 5.96. The summed E-state index contributed by atoms with van der Waals surface area (Å²) in [5.41, 5.74) is -0.365. The highest BCUT2D eigenvalue weighted by atomic mass is 19.2. The molecule has 0 aromatic heterocycles. The van der Waals surface area contributed by atoms with Gasteiger partial charge >= 0.3 is 0 Å². The van der Waals surface area contributed by atoms with Crippen molar-refractivity contribution in [3.63, 3.8) is 0 Å². The van der Waals surface area contributed by atoms with E-state index in [2.05, 4.69) is 5.32 Å². The summed E-state index contributed by atoms with van der Waals surface area (Å²) >= 11 is 0. The van der Waals surface area contributed by atoms with Crippen LogP contribution in [-0.2, 0) is 4.79 Å². The minimum atomic E-state index is -1.63. The summed E-state index contributed by atoms with van der Waals surface area (Å²) < 4.78 is 38.7. The quantitative estimate of drug-likeness (QED) is 0.855. The van der Waals surface area contributed by atoms with E-state index in [0.29, 0.717) is 25.2 Å². The molecule has 1 fully saturated rings. The van der Waals surface area contributed by atoms with Crippen LogP contribution in [0.5, 0.6) is 0 Å². The fraction of sp³-hybridized carbons (Fsp3) is 0.385. The molecular weight excluding hydrogens is 273 g/mol. The summed E-state index contributed by atoms with van der Waals surface area (Å²) in [5, 5.41) is 2.26. The van der Waals surface area contributed by atoms with E-state index in [-0.39, 0.29) is 18.0 Å². The smallest absolute Gasteiger partial charge is 0.251 e. The van der Waals surface area contributed by atoms with Crippen LogP contribution in [0.25, 0.3) is 0 Å². The first-order chi connectivity index (χ1) is 9.49. The number of hydrogen-bond acceptors (Lipinski definition) is 2. The zero-order valence-electron chi connectivity index (χ0n) is 10.6. The van der Waals surface area contributed by atoms with E-state index in [1.165, 1.54) is 0 Å². The van der Waals surface area contributed by atoms with Gasteiger partial charge in [0, 0.05) is 18.7 Å². The molecule has 20 heavy (non-hydrogen) atoms. The number of amides is 2. The Morgan fingerprint density at radius 3 is 2.20 bits per heavy atom. The summed E-state index contributed by atoms with van der Waals surface area (Å²) in [6.45, 7) is 1.04. The van der Waals surface area contributed by atoms with E-state index in [9.17, 15) is 22.8 Å². The lowest BCUT2D eigenvalue weighted by Gasteiger charge is -2.15. The Hall–Kier alpha value is -2.05. The molecule has 1 saturated heterocycles. The average molecular weight is 286 g/mol. The van der Waals surface area contributed by atoms with Crippen LogP contribution in [0, 0.1) is 17.5 Å². The summed E-state index contributed by atoms with van der Waals surface area (Å²) in [5.74, 6) is -5.59. The molecule has 0 aliphatic carbocycles. The van der Waals surface area contributed by atoms with Gasteiger partial charge in [-0.15, -0.1) is 0 Å². The van der Waals surface area contributed by atoms with Crippen molar-refractivity contribution in [2.24, 2.45) is 0 Å². The Bertz CT molecular complexity index is 519. The molecule has 1 aliphatic heterocycles. The van der Waals surface area contributed by atoms with Crippen molar-refractivity contribution in [1.29, 1.82) is 0 Å². The van der Waals surface area contributed by atoms with Crippen LogP contribution in [-0.4, -0.2) is 36.3 Å². The van der Waals surface area contributed by atoms with Gasteiger partial charge in [-0.3, -0.25) is 9.59 Å². The van der Waals surface area contributed by atoms with Crippen molar-refractivity contribution in [2.75, 3.05) is 19.6 Å². The third kappa shape index (κ3) is 3.09. The molecule has 0 spiro atoms. The second kappa shape index (κ2) is 5.94. The standard InChI is InChI=1S/C13H13F3N2O2/c14-9-5-8(6-10(15)12(9)16)13(20)17-7-11(19)18-3-1-2-4-18/h5-6H,1-4,7H2,(H,17,20). The minimum absolute atomic E-state index is 0.251. The molecule has 1 aromatic carbocycles. The number of nitrogens with one attached hydrogen (secondary N) is 1. The molecule has 108 valence electrons. The van der Waals surface area contributed by atoms with Gasteiger partial charge < -0.3 is 10.2 Å². The number of carbonyl (C=O) groups is 2. The Kier molecular flexibility index (Phi) is 4.26. The predicted octanol–water partition coefficient (Wildman–Crippen LogP) is 1.46. The lowest BCUT2D eigenvalue weighted by atomic mass is 10.2. The van der Waals surface area contributed by atoms with Gasteiger partial charge in [0.1, 0.15) is 0 Å². The van der Waals surface area contributed by atoms with Crippen molar-refractivity contribution in [1.82, 2.24) is 10.2 Å². The maximum absolute atomic E-state index is 13.0. The summed E-state index contributed by atoms with van der Waals surface area (Å²) in [4.78, 5) is 24.9. The van der Waals surface area contributed by atoms with Gasteiger partial charge in [-0.05, 0) is 25.0 Å². The number of nitrogens with zero attached hydrogens (tertiary/aromatic N) is 1. The van der Waals surface area contributed by atoms with Gasteiger partial charge in [-0.2, -0.15) is 0 Å². The Balaban J connectivity index is 1.96. The molecule has 4 nitrogen and oxygen atoms in total. The number of halogens is 3. The van der Waals surface area contributed by atoms with Crippen LogP contribution in [0.4, 0.5) is 13.2 Å². The summed E-state index contributed by atoms with van der Waals surface area (Å²) in [7, 11) is 0. The van der Waals surface area contributed by atoms with Crippen molar-refractivity contribution >= 4 is 11.8 Å². The number of benzene rings is 1. The highest BCUT2D eigenvalue weighted by Crippen LogP contribution is 2.13. The highest BCUT2D eigenvalue weighted by Gasteiger charge is 2.19. The fourth-order valence-corrected chi connectivity index (χ4v) is 2.02. The molecule has 0 unspecified atom stereocenters. The van der Waals surface area contributed by atoms with Gasteiger partial charge in [-0.25, -0.2) is 13.2 Å². The molecule has 2 amide bonds. The van der Waals surface area contributed by atoms with Gasteiger partial charge in [0.15, 0.2) is 17.5 Å². The first-order valence-electron chi connectivity index (χ1n) is 6.19. The monoisotopic (exact) mass is 286 g/mol. The molecule has 0 radical (unpaired) electrons. The van der Waals surface area contributed by atoms with E-state index < -0.39 is 23.4 Å². The zero-order chi connectivity index (χ0) is 14.7.